The molecule has 2 amide bonds. The number of amides is 2. The highest BCUT2D eigenvalue weighted by atomic mass is 16.2. The number of hydrazine groups is 1. The zero-order valence-electron chi connectivity index (χ0n) is 13.3. The van der Waals surface area contributed by atoms with Crippen molar-refractivity contribution in [1.82, 2.24) is 15.8 Å². The molecule has 1 atom stereocenters. The van der Waals surface area contributed by atoms with Crippen molar-refractivity contribution in [3.05, 3.63) is 41.5 Å². The number of hydrogen-bond acceptors (Lipinski definition) is 3. The second kappa shape index (κ2) is 7.11. The Morgan fingerprint density at radius 3 is 2.68 bits per heavy atom. The lowest BCUT2D eigenvalue weighted by Crippen LogP contribution is -2.50. The predicted molar refractivity (Wildman–Crippen MR) is 86.5 cm³/mol. The summed E-state index contributed by atoms with van der Waals surface area (Å²) in [6, 6.07) is 8.16. The second-order valence-electron chi connectivity index (χ2n) is 5.66. The van der Waals surface area contributed by atoms with Crippen LogP contribution < -0.4 is 10.7 Å². The first-order valence-corrected chi connectivity index (χ1v) is 7.63. The molecule has 5 nitrogen and oxygen atoms in total. The van der Waals surface area contributed by atoms with Crippen molar-refractivity contribution in [1.29, 1.82) is 0 Å². The van der Waals surface area contributed by atoms with Crippen LogP contribution >= 0.6 is 0 Å². The number of benzene rings is 1. The molecule has 1 heterocycles. The fourth-order valence-electron chi connectivity index (χ4n) is 2.16. The molecule has 0 radical (unpaired) electrons. The van der Waals surface area contributed by atoms with Crippen LogP contribution in [-0.2, 0) is 9.59 Å². The van der Waals surface area contributed by atoms with Gasteiger partial charge in [0.05, 0.1) is 5.70 Å². The molecule has 5 heteroatoms. The standard InChI is InChI=1S/C17H23N3O2/c1-4-13(3)18-16(21)11-20-17(22)10-9-15(19-20)14-7-5-12(2)6-8-14/h5-9,13,19H,4,10-11H2,1-3H3,(H,18,21). The zero-order valence-corrected chi connectivity index (χ0v) is 13.3. The van der Waals surface area contributed by atoms with Crippen LogP contribution in [0.4, 0.5) is 0 Å². The molecule has 1 aliphatic rings. The molecule has 0 spiro atoms. The van der Waals surface area contributed by atoms with Gasteiger partial charge in [-0.1, -0.05) is 36.8 Å². The van der Waals surface area contributed by atoms with Crippen molar-refractivity contribution in [2.24, 2.45) is 0 Å². The number of aryl methyl sites for hydroxylation is 1. The maximum absolute atomic E-state index is 12.0. The molecule has 2 N–H and O–H groups in total. The summed E-state index contributed by atoms with van der Waals surface area (Å²) in [7, 11) is 0. The van der Waals surface area contributed by atoms with Crippen LogP contribution in [0.2, 0.25) is 0 Å². The largest absolute Gasteiger partial charge is 0.352 e. The van der Waals surface area contributed by atoms with Crippen LogP contribution in [0.5, 0.6) is 0 Å². The molecular weight excluding hydrogens is 278 g/mol. The van der Waals surface area contributed by atoms with E-state index in [-0.39, 0.29) is 24.4 Å². The summed E-state index contributed by atoms with van der Waals surface area (Å²) in [5.41, 5.74) is 6.09. The first-order chi connectivity index (χ1) is 10.5. The predicted octanol–water partition coefficient (Wildman–Crippen LogP) is 1.99. The first-order valence-electron chi connectivity index (χ1n) is 7.63. The first kappa shape index (κ1) is 16.1. The summed E-state index contributed by atoms with van der Waals surface area (Å²) in [6.45, 7) is 6.00. The average Bonchev–Trinajstić information content (AvgIpc) is 2.50. The van der Waals surface area contributed by atoms with Gasteiger partial charge in [0.25, 0.3) is 0 Å². The quantitative estimate of drug-likeness (QED) is 0.874. The molecule has 0 aromatic heterocycles. The van der Waals surface area contributed by atoms with Gasteiger partial charge in [0.1, 0.15) is 6.54 Å². The van der Waals surface area contributed by atoms with E-state index in [9.17, 15) is 9.59 Å². The van der Waals surface area contributed by atoms with E-state index >= 15 is 0 Å². The Morgan fingerprint density at radius 1 is 1.36 bits per heavy atom. The van der Waals surface area contributed by atoms with Crippen molar-refractivity contribution in [2.75, 3.05) is 6.54 Å². The van der Waals surface area contributed by atoms with E-state index < -0.39 is 0 Å². The number of nitrogens with zero attached hydrogens (tertiary/aromatic N) is 1. The maximum atomic E-state index is 12.0. The highest BCUT2D eigenvalue weighted by Gasteiger charge is 2.22. The number of nitrogens with one attached hydrogen (secondary N) is 2. The van der Waals surface area contributed by atoms with E-state index in [0.717, 1.165) is 17.7 Å². The van der Waals surface area contributed by atoms with Gasteiger partial charge in [-0.25, -0.2) is 5.01 Å². The number of rotatable bonds is 5. The second-order valence-corrected chi connectivity index (χ2v) is 5.66. The third-order valence-electron chi connectivity index (χ3n) is 3.72. The third-order valence-corrected chi connectivity index (χ3v) is 3.72. The number of carbonyl (C=O) groups is 2. The fraction of sp³-hybridized carbons (Fsp3) is 0.412. The van der Waals surface area contributed by atoms with Gasteiger partial charge in [0, 0.05) is 12.5 Å². The van der Waals surface area contributed by atoms with Gasteiger partial charge in [-0.3, -0.25) is 15.0 Å². The summed E-state index contributed by atoms with van der Waals surface area (Å²) in [5.74, 6) is -0.254. The molecule has 0 bridgehead atoms. The van der Waals surface area contributed by atoms with Crippen LogP contribution in [-0.4, -0.2) is 29.4 Å². The van der Waals surface area contributed by atoms with Gasteiger partial charge in [0.2, 0.25) is 11.8 Å². The maximum Gasteiger partial charge on any atom is 0.245 e. The highest BCUT2D eigenvalue weighted by Crippen LogP contribution is 2.17. The third kappa shape index (κ3) is 4.10. The molecule has 22 heavy (non-hydrogen) atoms. The van der Waals surface area contributed by atoms with Gasteiger partial charge in [-0.05, 0) is 31.9 Å². The minimum absolute atomic E-state index is 0.0202. The zero-order chi connectivity index (χ0) is 16.1. The van der Waals surface area contributed by atoms with Gasteiger partial charge in [-0.2, -0.15) is 0 Å². The Morgan fingerprint density at radius 2 is 2.05 bits per heavy atom. The van der Waals surface area contributed by atoms with Crippen LogP contribution in [0, 0.1) is 6.92 Å². The van der Waals surface area contributed by atoms with E-state index in [1.54, 1.807) is 0 Å². The Hall–Kier alpha value is -2.30. The lowest BCUT2D eigenvalue weighted by Gasteiger charge is -2.29. The molecule has 1 aromatic rings. The molecule has 0 aliphatic carbocycles. The number of carbonyl (C=O) groups excluding carboxylic acids is 2. The van der Waals surface area contributed by atoms with E-state index in [2.05, 4.69) is 10.7 Å². The molecule has 1 aliphatic heterocycles. The molecular formula is C17H23N3O2. The van der Waals surface area contributed by atoms with E-state index in [0.29, 0.717) is 6.42 Å². The van der Waals surface area contributed by atoms with Gasteiger partial charge < -0.3 is 5.32 Å². The Balaban J connectivity index is 2.02. The van der Waals surface area contributed by atoms with E-state index in [1.807, 2.05) is 51.1 Å². The minimum Gasteiger partial charge on any atom is -0.352 e. The molecule has 1 unspecified atom stereocenters. The van der Waals surface area contributed by atoms with Gasteiger partial charge in [0.15, 0.2) is 0 Å². The lowest BCUT2D eigenvalue weighted by molar-refractivity contribution is -0.138. The van der Waals surface area contributed by atoms with Crippen molar-refractivity contribution in [2.45, 2.75) is 39.7 Å². The lowest BCUT2D eigenvalue weighted by atomic mass is 10.1. The van der Waals surface area contributed by atoms with Crippen molar-refractivity contribution in [3.63, 3.8) is 0 Å². The van der Waals surface area contributed by atoms with Gasteiger partial charge >= 0.3 is 0 Å². The van der Waals surface area contributed by atoms with Crippen LogP contribution in [0.3, 0.4) is 0 Å². The normalized spacial score (nSPS) is 15.9. The summed E-state index contributed by atoms with van der Waals surface area (Å²) in [6.07, 6.45) is 3.02. The summed E-state index contributed by atoms with van der Waals surface area (Å²) < 4.78 is 0. The fourth-order valence-corrected chi connectivity index (χ4v) is 2.16. The molecule has 0 fully saturated rings. The van der Waals surface area contributed by atoms with E-state index in [4.69, 9.17) is 0 Å². The minimum atomic E-state index is -0.152. The highest BCUT2D eigenvalue weighted by molar-refractivity contribution is 5.88. The molecule has 1 aromatic carbocycles. The van der Waals surface area contributed by atoms with Crippen molar-refractivity contribution in [3.8, 4) is 0 Å². The molecule has 0 saturated carbocycles. The molecule has 0 saturated heterocycles. The topological polar surface area (TPSA) is 61.4 Å². The smallest absolute Gasteiger partial charge is 0.245 e. The summed E-state index contributed by atoms with van der Waals surface area (Å²) in [4.78, 5) is 23.9. The van der Waals surface area contributed by atoms with Crippen molar-refractivity contribution < 1.29 is 9.59 Å². The Kier molecular flexibility index (Phi) is 5.20. The molecule has 118 valence electrons. The van der Waals surface area contributed by atoms with Crippen LogP contribution in [0.1, 0.15) is 37.8 Å². The summed E-state index contributed by atoms with van der Waals surface area (Å²) in [5, 5.41) is 4.25. The van der Waals surface area contributed by atoms with Gasteiger partial charge in [-0.15, -0.1) is 0 Å². The molecule has 2 rings (SSSR count). The Labute approximate surface area is 131 Å². The monoisotopic (exact) mass is 301 g/mol. The number of hydrogen-bond donors (Lipinski definition) is 2. The van der Waals surface area contributed by atoms with Crippen molar-refractivity contribution >= 4 is 17.5 Å². The van der Waals surface area contributed by atoms with E-state index in [1.165, 1.54) is 10.6 Å². The summed E-state index contributed by atoms with van der Waals surface area (Å²) >= 11 is 0. The Bertz CT molecular complexity index is 578. The average molecular weight is 301 g/mol. The van der Waals surface area contributed by atoms with Crippen LogP contribution in [0.15, 0.2) is 30.3 Å². The van der Waals surface area contributed by atoms with Crippen LogP contribution in [0.25, 0.3) is 5.70 Å². The SMILES string of the molecule is CCC(C)NC(=O)CN1NC(c2ccc(C)cc2)=CCC1=O.